The van der Waals surface area contributed by atoms with Gasteiger partial charge in [0.05, 0.1) is 12.1 Å². The Labute approximate surface area is 153 Å². The molecule has 0 radical (unpaired) electrons. The fraction of sp³-hybridized carbons (Fsp3) is 0.400. The molecule has 0 fully saturated rings. The highest BCUT2D eigenvalue weighted by molar-refractivity contribution is 5.95. The molecule has 1 aromatic heterocycles. The minimum Gasteiger partial charge on any atom is -0.399 e. The van der Waals surface area contributed by atoms with E-state index in [4.69, 9.17) is 10.3 Å². The van der Waals surface area contributed by atoms with Crippen molar-refractivity contribution in [3.63, 3.8) is 0 Å². The molecule has 0 atom stereocenters. The highest BCUT2D eigenvalue weighted by Gasteiger charge is 2.29. The van der Waals surface area contributed by atoms with E-state index in [1.807, 2.05) is 32.8 Å². The smallest absolute Gasteiger partial charge is 0.252 e. The number of nitrogens with one attached hydrogen (secondary N) is 1. The van der Waals surface area contributed by atoms with Crippen molar-refractivity contribution in [1.82, 2.24) is 20.4 Å². The Bertz CT molecular complexity index is 673. The Morgan fingerprint density at radius 2 is 2.00 bits per heavy atom. The molecule has 0 aliphatic heterocycles. The van der Waals surface area contributed by atoms with Crippen LogP contribution in [0.3, 0.4) is 0 Å². The highest BCUT2D eigenvalue weighted by atomic mass is 35.5. The predicted molar refractivity (Wildman–Crippen MR) is 97.5 cm³/mol. The van der Waals surface area contributed by atoms with Crippen LogP contribution < -0.4 is 11.1 Å². The SMILES string of the molecule is CN(C)Cc1nc(C(C)(C)NC(=O)c2cccc(N)c2)no1.Cl.Cl. The summed E-state index contributed by atoms with van der Waals surface area (Å²) in [5.41, 5.74) is 5.97. The lowest BCUT2D eigenvalue weighted by Gasteiger charge is -2.22. The molecular formula is C15H23Cl2N5O2. The minimum absolute atomic E-state index is 0. The molecule has 9 heteroatoms. The second kappa shape index (κ2) is 8.86. The second-order valence-electron chi connectivity index (χ2n) is 5.95. The molecule has 0 aliphatic rings. The monoisotopic (exact) mass is 375 g/mol. The number of benzene rings is 1. The van der Waals surface area contributed by atoms with E-state index in [1.165, 1.54) is 0 Å². The van der Waals surface area contributed by atoms with Crippen LogP contribution in [0.5, 0.6) is 0 Å². The number of nitrogens with two attached hydrogens (primary N) is 1. The van der Waals surface area contributed by atoms with E-state index in [0.717, 1.165) is 0 Å². The van der Waals surface area contributed by atoms with Crippen molar-refractivity contribution in [2.75, 3.05) is 19.8 Å². The first-order chi connectivity index (χ1) is 10.3. The summed E-state index contributed by atoms with van der Waals surface area (Å²) in [6, 6.07) is 6.80. The van der Waals surface area contributed by atoms with Gasteiger partial charge >= 0.3 is 0 Å². The fourth-order valence-electron chi connectivity index (χ4n) is 1.94. The fourth-order valence-corrected chi connectivity index (χ4v) is 1.94. The number of amides is 1. The number of aromatic nitrogens is 2. The summed E-state index contributed by atoms with van der Waals surface area (Å²) in [5, 5.41) is 6.84. The van der Waals surface area contributed by atoms with E-state index >= 15 is 0 Å². The zero-order valence-electron chi connectivity index (χ0n) is 14.1. The minimum atomic E-state index is -0.754. The van der Waals surface area contributed by atoms with E-state index in [-0.39, 0.29) is 30.7 Å². The van der Waals surface area contributed by atoms with E-state index in [9.17, 15) is 4.79 Å². The first kappa shape index (κ1) is 22.2. The van der Waals surface area contributed by atoms with Crippen molar-refractivity contribution in [2.45, 2.75) is 25.9 Å². The van der Waals surface area contributed by atoms with Gasteiger partial charge in [-0.15, -0.1) is 24.8 Å². The van der Waals surface area contributed by atoms with Gasteiger partial charge in [0, 0.05) is 11.3 Å². The molecule has 2 aromatic rings. The van der Waals surface area contributed by atoms with Crippen LogP contribution in [0.1, 0.15) is 35.9 Å². The van der Waals surface area contributed by atoms with Gasteiger partial charge in [0.2, 0.25) is 5.89 Å². The molecule has 24 heavy (non-hydrogen) atoms. The molecule has 0 unspecified atom stereocenters. The molecule has 2 rings (SSSR count). The molecule has 7 nitrogen and oxygen atoms in total. The van der Waals surface area contributed by atoms with Crippen molar-refractivity contribution in [3.8, 4) is 0 Å². The number of anilines is 1. The number of nitrogen functional groups attached to an aromatic ring is 1. The lowest BCUT2D eigenvalue weighted by atomic mass is 10.0. The number of hydrogen-bond acceptors (Lipinski definition) is 6. The molecule has 0 saturated heterocycles. The van der Waals surface area contributed by atoms with Gasteiger partial charge in [-0.3, -0.25) is 4.79 Å². The van der Waals surface area contributed by atoms with E-state index in [1.54, 1.807) is 24.3 Å². The maximum absolute atomic E-state index is 12.3. The standard InChI is InChI=1S/C15H21N5O2.2ClH/c1-15(2,14-17-12(22-19-14)9-20(3)4)18-13(21)10-6-5-7-11(16)8-10;;/h5-8H,9,16H2,1-4H3,(H,18,21);2*1H. The Kier molecular flexibility index (Phi) is 8.19. The van der Waals surface area contributed by atoms with Crippen LogP contribution in [-0.2, 0) is 12.1 Å². The van der Waals surface area contributed by atoms with Crippen LogP contribution >= 0.6 is 24.8 Å². The molecule has 0 aliphatic carbocycles. The van der Waals surface area contributed by atoms with E-state index in [0.29, 0.717) is 29.5 Å². The molecule has 134 valence electrons. The molecule has 3 N–H and O–H groups in total. The van der Waals surface area contributed by atoms with Crippen LogP contribution in [0.2, 0.25) is 0 Å². The number of halogens is 2. The van der Waals surface area contributed by atoms with Gasteiger partial charge in [0.1, 0.15) is 0 Å². The molecule has 1 amide bonds. The van der Waals surface area contributed by atoms with Crippen LogP contribution in [0.4, 0.5) is 5.69 Å². The van der Waals surface area contributed by atoms with Gasteiger partial charge in [-0.25, -0.2) is 0 Å². The van der Waals surface area contributed by atoms with Crippen molar-refractivity contribution in [1.29, 1.82) is 0 Å². The summed E-state index contributed by atoms with van der Waals surface area (Å²) in [6.45, 7) is 4.19. The van der Waals surface area contributed by atoms with Gasteiger partial charge in [-0.05, 0) is 46.1 Å². The van der Waals surface area contributed by atoms with Gasteiger partial charge in [-0.2, -0.15) is 4.98 Å². The average Bonchev–Trinajstić information content (AvgIpc) is 2.86. The first-order valence-electron chi connectivity index (χ1n) is 6.94. The van der Waals surface area contributed by atoms with Crippen molar-refractivity contribution in [3.05, 3.63) is 41.5 Å². The van der Waals surface area contributed by atoms with Crippen LogP contribution in [0, 0.1) is 0 Å². The molecule has 1 aromatic carbocycles. The van der Waals surface area contributed by atoms with Crippen LogP contribution in [-0.4, -0.2) is 35.0 Å². The van der Waals surface area contributed by atoms with Crippen molar-refractivity contribution in [2.24, 2.45) is 0 Å². The second-order valence-corrected chi connectivity index (χ2v) is 5.95. The molecule has 0 spiro atoms. The third kappa shape index (κ3) is 5.67. The number of hydrogen-bond donors (Lipinski definition) is 2. The molecule has 0 bridgehead atoms. The third-order valence-corrected chi connectivity index (χ3v) is 3.05. The topological polar surface area (TPSA) is 97.3 Å². The number of carbonyl (C=O) groups is 1. The zero-order chi connectivity index (χ0) is 16.3. The number of nitrogens with zero attached hydrogens (tertiary/aromatic N) is 3. The summed E-state index contributed by atoms with van der Waals surface area (Å²) in [4.78, 5) is 18.6. The average molecular weight is 376 g/mol. The quantitative estimate of drug-likeness (QED) is 0.777. The Hall–Kier alpha value is -1.83. The largest absolute Gasteiger partial charge is 0.399 e. The lowest BCUT2D eigenvalue weighted by molar-refractivity contribution is 0.0907. The summed E-state index contributed by atoms with van der Waals surface area (Å²) >= 11 is 0. The summed E-state index contributed by atoms with van der Waals surface area (Å²) in [6.07, 6.45) is 0. The van der Waals surface area contributed by atoms with Crippen LogP contribution in [0.25, 0.3) is 0 Å². The van der Waals surface area contributed by atoms with Crippen LogP contribution in [0.15, 0.2) is 28.8 Å². The summed E-state index contributed by atoms with van der Waals surface area (Å²) < 4.78 is 5.19. The predicted octanol–water partition coefficient (Wildman–Crippen LogP) is 2.22. The van der Waals surface area contributed by atoms with E-state index < -0.39 is 5.54 Å². The highest BCUT2D eigenvalue weighted by Crippen LogP contribution is 2.18. The van der Waals surface area contributed by atoms with Gasteiger partial charge in [-0.1, -0.05) is 11.2 Å². The van der Waals surface area contributed by atoms with Crippen molar-refractivity contribution < 1.29 is 9.32 Å². The van der Waals surface area contributed by atoms with Gasteiger partial charge in [0.25, 0.3) is 5.91 Å². The van der Waals surface area contributed by atoms with Gasteiger partial charge < -0.3 is 20.5 Å². The van der Waals surface area contributed by atoms with E-state index in [2.05, 4.69) is 15.5 Å². The Balaban J connectivity index is 0.00000264. The molecular weight excluding hydrogens is 353 g/mol. The lowest BCUT2D eigenvalue weighted by Crippen LogP contribution is -2.41. The Morgan fingerprint density at radius 1 is 1.33 bits per heavy atom. The van der Waals surface area contributed by atoms with Crippen molar-refractivity contribution >= 4 is 36.4 Å². The molecule has 0 saturated carbocycles. The molecule has 1 heterocycles. The van der Waals surface area contributed by atoms with Gasteiger partial charge in [0.15, 0.2) is 5.82 Å². The zero-order valence-corrected chi connectivity index (χ0v) is 15.7. The Morgan fingerprint density at radius 3 is 2.58 bits per heavy atom. The first-order valence-corrected chi connectivity index (χ1v) is 6.94. The third-order valence-electron chi connectivity index (χ3n) is 3.05. The summed E-state index contributed by atoms with van der Waals surface area (Å²) in [7, 11) is 3.83. The number of rotatable bonds is 5. The maximum atomic E-state index is 12.3. The number of carbonyl (C=O) groups excluding carboxylic acids is 1. The normalized spacial score (nSPS) is 10.7. The summed E-state index contributed by atoms with van der Waals surface area (Å²) in [5.74, 6) is 0.698. The maximum Gasteiger partial charge on any atom is 0.252 e.